The summed E-state index contributed by atoms with van der Waals surface area (Å²) in [5.74, 6) is 1.56. The number of methoxy groups -OCH3 is 1. The largest absolute Gasteiger partial charge is 0.497 e. The number of para-hydroxylation sites is 1. The van der Waals surface area contributed by atoms with Crippen LogP contribution in [-0.4, -0.2) is 16.5 Å². The molecule has 0 aliphatic rings. The fourth-order valence-corrected chi connectivity index (χ4v) is 2.82. The zero-order chi connectivity index (χ0) is 16.7. The molecule has 0 radical (unpaired) electrons. The van der Waals surface area contributed by atoms with Gasteiger partial charge in [0.15, 0.2) is 5.62 Å². The number of hydrogen-bond donors (Lipinski definition) is 0. The van der Waals surface area contributed by atoms with Crippen molar-refractivity contribution in [3.05, 3.63) is 59.8 Å². The van der Waals surface area contributed by atoms with E-state index in [2.05, 4.69) is 27.2 Å². The number of rotatable bonds is 2. The highest BCUT2D eigenvalue weighted by Gasteiger charge is 2.15. The van der Waals surface area contributed by atoms with Crippen molar-refractivity contribution in [1.82, 2.24) is 14.5 Å². The van der Waals surface area contributed by atoms with E-state index >= 15 is 0 Å². The predicted molar refractivity (Wildman–Crippen MR) is 90.1 cm³/mol. The molecular weight excluding hydrogens is 302 g/mol. The lowest BCUT2D eigenvalue weighted by molar-refractivity contribution is -0.711. The third-order valence-corrected chi connectivity index (χ3v) is 4.03. The van der Waals surface area contributed by atoms with E-state index in [1.807, 2.05) is 54.8 Å². The van der Waals surface area contributed by atoms with Crippen LogP contribution in [0.4, 0.5) is 5.69 Å². The Hall–Kier alpha value is -3.15. The standard InChI is InChI=1S/C18H17N5O/c1-12-15-6-4-5-7-16(15)23-17(21-22(2)18(23)19-12)20-13-8-10-14(24-3)11-9-13/h4-11H,1-3H3. The number of benzene rings is 2. The van der Waals surface area contributed by atoms with E-state index in [0.717, 1.165) is 33.8 Å². The number of ether oxygens (including phenoxy) is 1. The summed E-state index contributed by atoms with van der Waals surface area (Å²) < 4.78 is 8.92. The van der Waals surface area contributed by atoms with Crippen molar-refractivity contribution in [2.24, 2.45) is 12.0 Å². The van der Waals surface area contributed by atoms with Gasteiger partial charge in [0.2, 0.25) is 0 Å². The molecule has 0 N–H and O–H groups in total. The average Bonchev–Trinajstić information content (AvgIpc) is 2.91. The van der Waals surface area contributed by atoms with Crippen molar-refractivity contribution in [2.45, 2.75) is 6.92 Å². The predicted octanol–water partition coefficient (Wildman–Crippen LogP) is 1.82. The highest BCUT2D eigenvalue weighted by molar-refractivity contribution is 5.82. The van der Waals surface area contributed by atoms with Crippen LogP contribution >= 0.6 is 0 Å². The highest BCUT2D eigenvalue weighted by atomic mass is 16.5. The van der Waals surface area contributed by atoms with E-state index in [0.29, 0.717) is 5.62 Å². The minimum atomic E-state index is 0.598. The Morgan fingerprint density at radius 1 is 1.12 bits per heavy atom. The number of fused-ring (bicyclic) bond motifs is 3. The lowest BCUT2D eigenvalue weighted by Crippen LogP contribution is -2.36. The second-order valence-electron chi connectivity index (χ2n) is 5.58. The van der Waals surface area contributed by atoms with Gasteiger partial charge in [0.1, 0.15) is 17.0 Å². The van der Waals surface area contributed by atoms with Crippen LogP contribution < -0.4 is 20.1 Å². The van der Waals surface area contributed by atoms with E-state index < -0.39 is 0 Å². The minimum absolute atomic E-state index is 0.598. The van der Waals surface area contributed by atoms with Crippen LogP contribution in [0.2, 0.25) is 0 Å². The van der Waals surface area contributed by atoms with Gasteiger partial charge in [-0.1, -0.05) is 17.1 Å². The number of aromatic nitrogens is 4. The van der Waals surface area contributed by atoms with Crippen LogP contribution in [0.25, 0.3) is 16.7 Å². The maximum absolute atomic E-state index is 5.19. The average molecular weight is 319 g/mol. The van der Waals surface area contributed by atoms with E-state index in [-0.39, 0.29) is 0 Å². The topological polar surface area (TPSA) is 56.9 Å². The Morgan fingerprint density at radius 3 is 2.62 bits per heavy atom. The van der Waals surface area contributed by atoms with E-state index in [1.54, 1.807) is 11.8 Å². The molecule has 2 aromatic carbocycles. The van der Waals surface area contributed by atoms with Crippen molar-refractivity contribution < 1.29 is 9.42 Å². The fraction of sp³-hybridized carbons (Fsp3) is 0.167. The van der Waals surface area contributed by atoms with Crippen LogP contribution in [0.1, 0.15) is 5.69 Å². The Kier molecular flexibility index (Phi) is 3.30. The first-order valence-corrected chi connectivity index (χ1v) is 7.67. The summed E-state index contributed by atoms with van der Waals surface area (Å²) in [6.45, 7) is 2.01. The fourth-order valence-electron chi connectivity index (χ4n) is 2.82. The molecule has 120 valence electrons. The van der Waals surface area contributed by atoms with E-state index in [4.69, 9.17) is 4.74 Å². The number of aryl methyl sites for hydroxylation is 2. The van der Waals surface area contributed by atoms with Gasteiger partial charge in [-0.05, 0) is 49.0 Å². The van der Waals surface area contributed by atoms with Gasteiger partial charge >= 0.3 is 5.78 Å². The normalized spacial score (nSPS) is 12.2. The van der Waals surface area contributed by atoms with Crippen LogP contribution in [-0.2, 0) is 7.05 Å². The van der Waals surface area contributed by atoms with Crippen molar-refractivity contribution in [3.63, 3.8) is 0 Å². The maximum atomic E-state index is 5.19. The molecule has 0 aliphatic heterocycles. The van der Waals surface area contributed by atoms with Gasteiger partial charge in [0.05, 0.1) is 19.5 Å². The van der Waals surface area contributed by atoms with E-state index in [1.165, 1.54) is 0 Å². The van der Waals surface area contributed by atoms with Crippen LogP contribution in [0.5, 0.6) is 5.75 Å². The number of hydrogen-bond acceptors (Lipinski definition) is 3. The Balaban J connectivity index is 2.05. The zero-order valence-electron chi connectivity index (χ0n) is 13.8. The summed E-state index contributed by atoms with van der Waals surface area (Å²) in [5.41, 5.74) is 3.43. The van der Waals surface area contributed by atoms with Crippen LogP contribution in [0.3, 0.4) is 0 Å². The number of nitrogens with zero attached hydrogens (tertiary/aromatic N) is 5. The Bertz CT molecular complexity index is 1110. The van der Waals surface area contributed by atoms with Crippen LogP contribution in [0, 0.1) is 6.92 Å². The van der Waals surface area contributed by atoms with Crippen molar-refractivity contribution in [1.29, 1.82) is 0 Å². The van der Waals surface area contributed by atoms with Gasteiger partial charge in [-0.25, -0.2) is 0 Å². The first-order chi connectivity index (χ1) is 11.7. The Morgan fingerprint density at radius 2 is 1.88 bits per heavy atom. The molecule has 6 nitrogen and oxygen atoms in total. The molecule has 0 saturated heterocycles. The van der Waals surface area contributed by atoms with E-state index in [9.17, 15) is 0 Å². The lowest BCUT2D eigenvalue weighted by atomic mass is 10.2. The Labute approximate surface area is 138 Å². The molecule has 4 aromatic rings. The highest BCUT2D eigenvalue weighted by Crippen LogP contribution is 2.18. The molecule has 0 atom stereocenters. The molecule has 6 heteroatoms. The summed E-state index contributed by atoms with van der Waals surface area (Å²) >= 11 is 0. The summed E-state index contributed by atoms with van der Waals surface area (Å²) in [4.78, 5) is 9.36. The molecule has 24 heavy (non-hydrogen) atoms. The quantitative estimate of drug-likeness (QED) is 0.530. The SMILES string of the molecule is COc1ccc(N=c2[n-][n+](C)c3nc(C)c4ccccc4n23)cc1. The minimum Gasteiger partial charge on any atom is -0.497 e. The third kappa shape index (κ3) is 2.23. The summed E-state index contributed by atoms with van der Waals surface area (Å²) in [6.07, 6.45) is 0. The molecule has 0 saturated carbocycles. The maximum Gasteiger partial charge on any atom is 0.412 e. The molecule has 0 spiro atoms. The molecule has 0 bridgehead atoms. The van der Waals surface area contributed by atoms with Crippen molar-refractivity contribution in [2.75, 3.05) is 7.11 Å². The summed E-state index contributed by atoms with van der Waals surface area (Å²) in [7, 11) is 3.53. The second kappa shape index (κ2) is 5.49. The van der Waals surface area contributed by atoms with Gasteiger partial charge in [0.25, 0.3) is 0 Å². The monoisotopic (exact) mass is 319 g/mol. The molecule has 2 heterocycles. The first kappa shape index (κ1) is 14.4. The van der Waals surface area contributed by atoms with Gasteiger partial charge < -0.3 is 9.73 Å². The molecule has 0 aliphatic carbocycles. The molecule has 2 aromatic heterocycles. The molecule has 4 rings (SSSR count). The smallest absolute Gasteiger partial charge is 0.412 e. The summed E-state index contributed by atoms with van der Waals surface area (Å²) in [5, 5.41) is 5.63. The third-order valence-electron chi connectivity index (χ3n) is 4.03. The lowest BCUT2D eigenvalue weighted by Gasteiger charge is -2.01. The van der Waals surface area contributed by atoms with Crippen LogP contribution in [0.15, 0.2) is 53.5 Å². The molecule has 0 amide bonds. The first-order valence-electron chi connectivity index (χ1n) is 7.67. The molecular formula is C18H17N5O. The van der Waals surface area contributed by atoms with Gasteiger partial charge in [-0.2, -0.15) is 14.2 Å². The van der Waals surface area contributed by atoms with Gasteiger partial charge in [-0.3, -0.25) is 0 Å². The van der Waals surface area contributed by atoms with Gasteiger partial charge in [0, 0.05) is 0 Å². The van der Waals surface area contributed by atoms with Crippen molar-refractivity contribution in [3.8, 4) is 5.75 Å². The summed E-state index contributed by atoms with van der Waals surface area (Å²) in [6, 6.07) is 15.7. The molecule has 0 fully saturated rings. The zero-order valence-corrected chi connectivity index (χ0v) is 13.8. The second-order valence-corrected chi connectivity index (χ2v) is 5.58. The van der Waals surface area contributed by atoms with Gasteiger partial charge in [-0.15, -0.1) is 0 Å². The molecule has 0 unspecified atom stereocenters. The van der Waals surface area contributed by atoms with Crippen molar-refractivity contribution >= 4 is 22.4 Å².